The van der Waals surface area contributed by atoms with Crippen molar-refractivity contribution in [2.75, 3.05) is 10.6 Å². The molecular weight excluding hydrogens is 362 g/mol. The zero-order valence-corrected chi connectivity index (χ0v) is 15.7. The average molecular weight is 380 g/mol. The van der Waals surface area contributed by atoms with Gasteiger partial charge in [-0.3, -0.25) is 4.79 Å². The third-order valence-electron chi connectivity index (χ3n) is 4.55. The van der Waals surface area contributed by atoms with Gasteiger partial charge in [-0.25, -0.2) is 4.68 Å². The summed E-state index contributed by atoms with van der Waals surface area (Å²) in [4.78, 5) is 17.4. The zero-order valence-electron chi connectivity index (χ0n) is 14.9. The summed E-state index contributed by atoms with van der Waals surface area (Å²) in [6.45, 7) is 3.86. The molecule has 0 spiro atoms. The molecule has 1 amide bonds. The van der Waals surface area contributed by atoms with Crippen LogP contribution >= 0.6 is 11.6 Å². The summed E-state index contributed by atoms with van der Waals surface area (Å²) in [5.74, 6) is 0.360. The number of hydrogen-bond acceptors (Lipinski definition) is 4. The van der Waals surface area contributed by atoms with Crippen molar-refractivity contribution < 1.29 is 4.79 Å². The molecule has 0 radical (unpaired) electrons. The maximum Gasteiger partial charge on any atom is 0.255 e. The number of hydrogen-bond donors (Lipinski definition) is 2. The number of benzene rings is 2. The Hall–Kier alpha value is -3.12. The Morgan fingerprint density at radius 2 is 1.89 bits per heavy atom. The van der Waals surface area contributed by atoms with Crippen molar-refractivity contribution in [1.82, 2.24) is 14.8 Å². The van der Waals surface area contributed by atoms with Gasteiger partial charge in [0.15, 0.2) is 0 Å². The van der Waals surface area contributed by atoms with Crippen molar-refractivity contribution in [3.8, 4) is 0 Å². The molecule has 27 heavy (non-hydrogen) atoms. The van der Waals surface area contributed by atoms with E-state index in [1.165, 1.54) is 6.33 Å². The minimum Gasteiger partial charge on any atom is -0.328 e. The lowest BCUT2D eigenvalue weighted by Gasteiger charge is -2.29. The van der Waals surface area contributed by atoms with Crippen LogP contribution in [0.15, 0.2) is 66.1 Å². The van der Waals surface area contributed by atoms with Crippen LogP contribution in [0.1, 0.15) is 24.1 Å². The second kappa shape index (κ2) is 6.89. The van der Waals surface area contributed by atoms with Gasteiger partial charge >= 0.3 is 0 Å². The Balaban J connectivity index is 1.77. The Kier molecular flexibility index (Phi) is 4.41. The average Bonchev–Trinajstić information content (AvgIpc) is 3.11. The molecule has 1 aliphatic rings. The molecule has 2 heterocycles. The molecule has 0 saturated heterocycles. The normalized spacial score (nSPS) is 15.9. The third-order valence-corrected chi connectivity index (χ3v) is 4.89. The fourth-order valence-corrected chi connectivity index (χ4v) is 3.44. The Morgan fingerprint density at radius 3 is 2.63 bits per heavy atom. The Bertz CT molecular complexity index is 1040. The molecule has 1 aromatic heterocycles. The number of carbonyl (C=O) groups excluding carboxylic acids is 1. The maximum absolute atomic E-state index is 13.2. The highest BCUT2D eigenvalue weighted by molar-refractivity contribution is 6.31. The molecule has 2 N–H and O–H groups in total. The van der Waals surface area contributed by atoms with E-state index in [0.717, 1.165) is 16.8 Å². The first-order chi connectivity index (χ1) is 13.0. The van der Waals surface area contributed by atoms with Gasteiger partial charge in [0.2, 0.25) is 5.95 Å². The lowest BCUT2D eigenvalue weighted by Crippen LogP contribution is -2.31. The maximum atomic E-state index is 13.2. The second-order valence-electron chi connectivity index (χ2n) is 6.44. The van der Waals surface area contributed by atoms with Crippen molar-refractivity contribution in [2.24, 2.45) is 0 Å². The molecule has 7 heteroatoms. The van der Waals surface area contributed by atoms with E-state index in [0.29, 0.717) is 22.2 Å². The molecule has 0 bridgehead atoms. The molecule has 6 nitrogen and oxygen atoms in total. The first-order valence-corrected chi connectivity index (χ1v) is 8.92. The number of rotatable bonds is 3. The summed E-state index contributed by atoms with van der Waals surface area (Å²) in [7, 11) is 0. The first kappa shape index (κ1) is 17.3. The predicted molar refractivity (Wildman–Crippen MR) is 106 cm³/mol. The number of anilines is 2. The molecule has 3 aromatic rings. The first-order valence-electron chi connectivity index (χ1n) is 8.54. The number of aromatic nitrogens is 3. The summed E-state index contributed by atoms with van der Waals surface area (Å²) < 4.78 is 1.68. The van der Waals surface area contributed by atoms with Crippen LogP contribution in [-0.4, -0.2) is 20.7 Å². The van der Waals surface area contributed by atoms with E-state index in [4.69, 9.17) is 11.6 Å². The summed E-state index contributed by atoms with van der Waals surface area (Å²) in [6.07, 6.45) is 1.46. The smallest absolute Gasteiger partial charge is 0.255 e. The number of halogens is 1. The molecular formula is C20H18ClN5O. The van der Waals surface area contributed by atoms with E-state index < -0.39 is 6.04 Å². The van der Waals surface area contributed by atoms with Gasteiger partial charge in [0, 0.05) is 22.0 Å². The molecule has 2 aromatic carbocycles. The lowest BCUT2D eigenvalue weighted by atomic mass is 9.95. The number of carbonyl (C=O) groups is 1. The summed E-state index contributed by atoms with van der Waals surface area (Å²) in [6, 6.07) is 14.7. The molecule has 1 atom stereocenters. The van der Waals surface area contributed by atoms with Crippen LogP contribution in [-0.2, 0) is 4.79 Å². The van der Waals surface area contributed by atoms with Crippen LogP contribution in [0.25, 0.3) is 0 Å². The molecule has 0 aliphatic carbocycles. The van der Waals surface area contributed by atoms with Crippen molar-refractivity contribution in [3.63, 3.8) is 0 Å². The SMILES string of the molecule is CC1=C(C(=O)Nc2ccc(C)cc2)[C@H](c2ccccc2Cl)n2ncnc2N1. The standard InChI is InChI=1S/C20H18ClN5O/c1-12-7-9-14(10-8-12)25-19(27)17-13(2)24-20-22-11-23-26(20)18(17)15-5-3-4-6-16(15)21/h3-11,18H,1-2H3,(H,25,27)(H,22,23,24)/t18-/m0/s1. The van der Waals surface area contributed by atoms with Crippen LogP contribution < -0.4 is 10.6 Å². The number of nitrogens with one attached hydrogen (secondary N) is 2. The van der Waals surface area contributed by atoms with Gasteiger partial charge < -0.3 is 10.6 Å². The van der Waals surface area contributed by atoms with E-state index in [9.17, 15) is 4.79 Å². The third kappa shape index (κ3) is 3.19. The van der Waals surface area contributed by atoms with Gasteiger partial charge in [0.05, 0.1) is 5.57 Å². The van der Waals surface area contributed by atoms with Crippen LogP contribution in [0.2, 0.25) is 5.02 Å². The quantitative estimate of drug-likeness (QED) is 0.716. The zero-order chi connectivity index (χ0) is 19.0. The van der Waals surface area contributed by atoms with Gasteiger partial charge in [-0.1, -0.05) is 47.5 Å². The summed E-state index contributed by atoms with van der Waals surface area (Å²) in [5, 5.41) is 11.0. The van der Waals surface area contributed by atoms with Gasteiger partial charge in [-0.05, 0) is 32.0 Å². The molecule has 1 aliphatic heterocycles. The lowest BCUT2D eigenvalue weighted by molar-refractivity contribution is -0.113. The Morgan fingerprint density at radius 1 is 1.15 bits per heavy atom. The van der Waals surface area contributed by atoms with Crippen molar-refractivity contribution in [3.05, 3.63) is 82.3 Å². The summed E-state index contributed by atoms with van der Waals surface area (Å²) in [5.41, 5.74) is 3.91. The minimum atomic E-state index is -0.470. The van der Waals surface area contributed by atoms with E-state index in [2.05, 4.69) is 20.7 Å². The van der Waals surface area contributed by atoms with Gasteiger partial charge in [0.25, 0.3) is 5.91 Å². The molecule has 0 fully saturated rings. The highest BCUT2D eigenvalue weighted by atomic mass is 35.5. The fraction of sp³-hybridized carbons (Fsp3) is 0.150. The fourth-order valence-electron chi connectivity index (χ4n) is 3.20. The van der Waals surface area contributed by atoms with Gasteiger partial charge in [-0.2, -0.15) is 10.1 Å². The van der Waals surface area contributed by atoms with Crippen LogP contribution in [0.3, 0.4) is 0 Å². The van der Waals surface area contributed by atoms with Crippen molar-refractivity contribution >= 4 is 29.1 Å². The van der Waals surface area contributed by atoms with Gasteiger partial charge in [0.1, 0.15) is 12.4 Å². The number of nitrogens with zero attached hydrogens (tertiary/aromatic N) is 3. The molecule has 0 unspecified atom stereocenters. The molecule has 136 valence electrons. The van der Waals surface area contributed by atoms with Crippen molar-refractivity contribution in [1.29, 1.82) is 0 Å². The van der Waals surface area contributed by atoms with Gasteiger partial charge in [-0.15, -0.1) is 0 Å². The van der Waals surface area contributed by atoms with Crippen molar-refractivity contribution in [2.45, 2.75) is 19.9 Å². The topological polar surface area (TPSA) is 71.8 Å². The van der Waals surface area contributed by atoms with E-state index in [1.54, 1.807) is 10.7 Å². The number of allylic oxidation sites excluding steroid dienone is 1. The highest BCUT2D eigenvalue weighted by Crippen LogP contribution is 2.37. The van der Waals surface area contributed by atoms with E-state index >= 15 is 0 Å². The monoisotopic (exact) mass is 379 g/mol. The number of aryl methyl sites for hydroxylation is 1. The van der Waals surface area contributed by atoms with E-state index in [-0.39, 0.29) is 5.91 Å². The predicted octanol–water partition coefficient (Wildman–Crippen LogP) is 4.17. The molecule has 0 saturated carbocycles. The Labute approximate surface area is 161 Å². The van der Waals surface area contributed by atoms with Crippen LogP contribution in [0.5, 0.6) is 0 Å². The van der Waals surface area contributed by atoms with Crippen LogP contribution in [0.4, 0.5) is 11.6 Å². The van der Waals surface area contributed by atoms with E-state index in [1.807, 2.05) is 56.3 Å². The van der Waals surface area contributed by atoms with Crippen LogP contribution in [0, 0.1) is 6.92 Å². The molecule has 4 rings (SSSR count). The largest absolute Gasteiger partial charge is 0.328 e. The summed E-state index contributed by atoms with van der Waals surface area (Å²) >= 11 is 6.45. The highest BCUT2D eigenvalue weighted by Gasteiger charge is 2.34. The number of fused-ring (bicyclic) bond motifs is 1. The second-order valence-corrected chi connectivity index (χ2v) is 6.84. The minimum absolute atomic E-state index is 0.213. The number of amides is 1.